The number of hydrogen-bond donors (Lipinski definition) is 0. The Hall–Kier alpha value is -2.82. The van der Waals surface area contributed by atoms with Crippen molar-refractivity contribution in [2.24, 2.45) is 0 Å². The standard InChI is InChI=1S/C21H22FN5O/c22-18-5-3-17(4-6-18)2-1-10-26-12-13-28-21(15-26)7-11-27(16-21)20-19(14-23)24-8-9-25-20/h1-6,8-9H,7,10-13,15-16H2/b2-1+. The molecule has 2 saturated heterocycles. The van der Waals surface area contributed by atoms with E-state index in [1.807, 2.05) is 6.08 Å². The van der Waals surface area contributed by atoms with E-state index in [2.05, 4.69) is 31.9 Å². The lowest BCUT2D eigenvalue weighted by molar-refractivity contribution is -0.0923. The van der Waals surface area contributed by atoms with E-state index in [-0.39, 0.29) is 11.4 Å². The summed E-state index contributed by atoms with van der Waals surface area (Å²) in [5, 5.41) is 9.28. The number of aromatic nitrogens is 2. The van der Waals surface area contributed by atoms with Gasteiger partial charge >= 0.3 is 0 Å². The van der Waals surface area contributed by atoms with Crippen LogP contribution in [0.2, 0.25) is 0 Å². The first-order valence-corrected chi connectivity index (χ1v) is 9.42. The highest BCUT2D eigenvalue weighted by Crippen LogP contribution is 2.32. The maximum Gasteiger partial charge on any atom is 0.183 e. The second-order valence-corrected chi connectivity index (χ2v) is 7.23. The molecule has 1 spiro atoms. The molecular formula is C21H22FN5O. The molecule has 2 aliphatic heterocycles. The Morgan fingerprint density at radius 1 is 1.18 bits per heavy atom. The van der Waals surface area contributed by atoms with Crippen molar-refractivity contribution < 1.29 is 9.13 Å². The van der Waals surface area contributed by atoms with Gasteiger partial charge in [0.1, 0.15) is 17.5 Å². The average molecular weight is 379 g/mol. The number of hydrogen-bond acceptors (Lipinski definition) is 6. The molecule has 2 aliphatic rings. The van der Waals surface area contributed by atoms with E-state index >= 15 is 0 Å². The van der Waals surface area contributed by atoms with Gasteiger partial charge in [-0.05, 0) is 24.1 Å². The smallest absolute Gasteiger partial charge is 0.183 e. The molecule has 7 heteroatoms. The molecular weight excluding hydrogens is 357 g/mol. The van der Waals surface area contributed by atoms with Crippen molar-refractivity contribution in [3.05, 3.63) is 59.8 Å². The highest BCUT2D eigenvalue weighted by Gasteiger charge is 2.43. The number of morpholine rings is 1. The van der Waals surface area contributed by atoms with Crippen molar-refractivity contribution in [2.75, 3.05) is 44.2 Å². The topological polar surface area (TPSA) is 65.3 Å². The van der Waals surface area contributed by atoms with Crippen molar-refractivity contribution in [2.45, 2.75) is 12.0 Å². The largest absolute Gasteiger partial charge is 0.370 e. The molecule has 0 radical (unpaired) electrons. The minimum absolute atomic E-state index is 0.222. The van der Waals surface area contributed by atoms with Crippen molar-refractivity contribution in [3.63, 3.8) is 0 Å². The fourth-order valence-corrected chi connectivity index (χ4v) is 3.90. The van der Waals surface area contributed by atoms with Crippen LogP contribution in [0.3, 0.4) is 0 Å². The molecule has 0 amide bonds. The molecule has 1 unspecified atom stereocenters. The third kappa shape index (κ3) is 4.03. The molecule has 1 atom stereocenters. The Morgan fingerprint density at radius 2 is 2.00 bits per heavy atom. The second kappa shape index (κ2) is 8.05. The number of nitriles is 1. The van der Waals surface area contributed by atoms with Crippen LogP contribution >= 0.6 is 0 Å². The van der Waals surface area contributed by atoms with Crippen molar-refractivity contribution in [3.8, 4) is 6.07 Å². The monoisotopic (exact) mass is 379 g/mol. The van der Waals surface area contributed by atoms with Crippen LogP contribution in [0.25, 0.3) is 6.08 Å². The third-order valence-corrected chi connectivity index (χ3v) is 5.27. The summed E-state index contributed by atoms with van der Waals surface area (Å²) in [5.74, 6) is 0.416. The molecule has 28 heavy (non-hydrogen) atoms. The van der Waals surface area contributed by atoms with Crippen LogP contribution in [-0.4, -0.2) is 59.8 Å². The van der Waals surface area contributed by atoms with Crippen LogP contribution in [-0.2, 0) is 4.74 Å². The third-order valence-electron chi connectivity index (χ3n) is 5.27. The molecule has 2 fully saturated rings. The Morgan fingerprint density at radius 3 is 2.82 bits per heavy atom. The number of ether oxygens (including phenoxy) is 1. The molecule has 0 aliphatic carbocycles. The zero-order chi connectivity index (χ0) is 19.4. The summed E-state index contributed by atoms with van der Waals surface area (Å²) in [5.41, 5.74) is 1.10. The number of benzene rings is 1. The van der Waals surface area contributed by atoms with E-state index in [1.54, 1.807) is 24.5 Å². The Kier molecular flexibility index (Phi) is 5.33. The zero-order valence-corrected chi connectivity index (χ0v) is 15.6. The molecule has 0 N–H and O–H groups in total. The van der Waals surface area contributed by atoms with Crippen LogP contribution in [0.1, 0.15) is 17.7 Å². The van der Waals surface area contributed by atoms with Gasteiger partial charge in [-0.15, -0.1) is 0 Å². The van der Waals surface area contributed by atoms with Gasteiger partial charge in [-0.25, -0.2) is 14.4 Å². The maximum absolute atomic E-state index is 13.0. The van der Waals surface area contributed by atoms with E-state index in [0.717, 1.165) is 38.2 Å². The first-order valence-electron chi connectivity index (χ1n) is 9.42. The first kappa shape index (κ1) is 18.5. The lowest BCUT2D eigenvalue weighted by atomic mass is 10.0. The lowest BCUT2D eigenvalue weighted by Crippen LogP contribution is -2.53. The Labute approximate surface area is 163 Å². The summed E-state index contributed by atoms with van der Waals surface area (Å²) in [6.45, 7) is 4.72. The van der Waals surface area contributed by atoms with Gasteiger partial charge in [0, 0.05) is 45.1 Å². The summed E-state index contributed by atoms with van der Waals surface area (Å²) in [6.07, 6.45) is 8.18. The summed E-state index contributed by atoms with van der Waals surface area (Å²) in [6, 6.07) is 8.61. The molecule has 3 heterocycles. The number of halogens is 1. The summed E-state index contributed by atoms with van der Waals surface area (Å²) >= 11 is 0. The van der Waals surface area contributed by atoms with Crippen molar-refractivity contribution >= 4 is 11.9 Å². The van der Waals surface area contributed by atoms with E-state index < -0.39 is 0 Å². The molecule has 4 rings (SSSR count). The van der Waals surface area contributed by atoms with Crippen LogP contribution in [0.5, 0.6) is 0 Å². The van der Waals surface area contributed by atoms with E-state index in [0.29, 0.717) is 24.7 Å². The SMILES string of the molecule is N#Cc1nccnc1N1CCC2(CN(C/C=C/c3ccc(F)cc3)CCO2)C1. The molecule has 0 bridgehead atoms. The minimum Gasteiger partial charge on any atom is -0.370 e. The number of rotatable bonds is 4. The van der Waals surface area contributed by atoms with Crippen LogP contribution in [0.15, 0.2) is 42.7 Å². The Balaban J connectivity index is 1.38. The van der Waals surface area contributed by atoms with E-state index in [4.69, 9.17) is 4.74 Å². The predicted octanol–water partition coefficient (Wildman–Crippen LogP) is 2.48. The predicted molar refractivity (Wildman–Crippen MR) is 104 cm³/mol. The summed E-state index contributed by atoms with van der Waals surface area (Å²) < 4.78 is 19.2. The maximum atomic E-state index is 13.0. The fourth-order valence-electron chi connectivity index (χ4n) is 3.90. The van der Waals surface area contributed by atoms with Crippen molar-refractivity contribution in [1.29, 1.82) is 5.26 Å². The van der Waals surface area contributed by atoms with Gasteiger partial charge in [0.05, 0.1) is 6.61 Å². The van der Waals surface area contributed by atoms with E-state index in [9.17, 15) is 9.65 Å². The summed E-state index contributed by atoms with van der Waals surface area (Å²) in [7, 11) is 0. The van der Waals surface area contributed by atoms with Crippen LogP contribution < -0.4 is 4.90 Å². The normalized spacial score (nSPS) is 22.8. The van der Waals surface area contributed by atoms with Gasteiger partial charge in [-0.1, -0.05) is 24.3 Å². The van der Waals surface area contributed by atoms with Crippen molar-refractivity contribution in [1.82, 2.24) is 14.9 Å². The number of nitrogens with zero attached hydrogens (tertiary/aromatic N) is 5. The molecule has 0 saturated carbocycles. The Bertz CT molecular complexity index is 894. The highest BCUT2D eigenvalue weighted by atomic mass is 19.1. The minimum atomic E-state index is -0.244. The van der Waals surface area contributed by atoms with Gasteiger partial charge in [-0.2, -0.15) is 5.26 Å². The van der Waals surface area contributed by atoms with E-state index in [1.165, 1.54) is 12.1 Å². The van der Waals surface area contributed by atoms with Gasteiger partial charge in [-0.3, -0.25) is 4.90 Å². The quantitative estimate of drug-likeness (QED) is 0.813. The molecule has 1 aromatic carbocycles. The van der Waals surface area contributed by atoms with Gasteiger partial charge < -0.3 is 9.64 Å². The number of anilines is 1. The highest BCUT2D eigenvalue weighted by molar-refractivity contribution is 5.51. The lowest BCUT2D eigenvalue weighted by Gasteiger charge is -2.40. The average Bonchev–Trinajstić information content (AvgIpc) is 3.12. The van der Waals surface area contributed by atoms with Crippen LogP contribution in [0, 0.1) is 17.1 Å². The zero-order valence-electron chi connectivity index (χ0n) is 15.6. The van der Waals surface area contributed by atoms with Gasteiger partial charge in [0.15, 0.2) is 11.5 Å². The van der Waals surface area contributed by atoms with Crippen LogP contribution in [0.4, 0.5) is 10.2 Å². The second-order valence-electron chi connectivity index (χ2n) is 7.23. The molecule has 144 valence electrons. The molecule has 6 nitrogen and oxygen atoms in total. The molecule has 2 aromatic rings. The first-order chi connectivity index (χ1) is 13.7. The fraction of sp³-hybridized carbons (Fsp3) is 0.381. The van der Waals surface area contributed by atoms with Gasteiger partial charge in [0.25, 0.3) is 0 Å². The van der Waals surface area contributed by atoms with Gasteiger partial charge in [0.2, 0.25) is 0 Å². The molecule has 1 aromatic heterocycles. The summed E-state index contributed by atoms with van der Waals surface area (Å²) in [4.78, 5) is 12.9.